The Balaban J connectivity index is 0.00000198. The van der Waals surface area contributed by atoms with E-state index in [0.29, 0.717) is 0 Å². The lowest BCUT2D eigenvalue weighted by molar-refractivity contribution is -0.148. The van der Waals surface area contributed by atoms with Crippen LogP contribution in [-0.2, 0) is 65.1 Å². The second-order valence-corrected chi connectivity index (χ2v) is 18.5. The number of nitrogens with zero attached hydrogens (tertiary/aromatic N) is 4. The average Bonchev–Trinajstić information content (AvgIpc) is 3.71. The van der Waals surface area contributed by atoms with Gasteiger partial charge in [0.25, 0.3) is 0 Å². The number of hydrogen-bond donors (Lipinski definition) is 11. The number of nitrogen functional groups attached to an aromatic ring is 1. The molecule has 3 heterocycles. The number of phosphoric ester groups is 3. The van der Waals surface area contributed by atoms with Crippen LogP contribution in [0.4, 0.5) is 5.82 Å². The minimum absolute atomic E-state index is 0.0183. The van der Waals surface area contributed by atoms with E-state index in [1.807, 2.05) is 0 Å². The zero-order valence-corrected chi connectivity index (χ0v) is 35.8. The quantitative estimate of drug-likeness (QED) is 0.0264. The normalized spacial score (nSPS) is 20.9. The number of anilines is 1. The maximum absolute atomic E-state index is 12.6. The summed E-state index contributed by atoms with van der Waals surface area (Å²) in [6.45, 7) is 2.35. The van der Waals surface area contributed by atoms with E-state index in [1.165, 1.54) is 20.8 Å². The molecule has 0 radical (unpaired) electrons. The number of aromatic nitrogens is 4. The van der Waals surface area contributed by atoms with Gasteiger partial charge in [0.1, 0.15) is 42.2 Å². The fraction of sp³-hybridized carbons (Fsp3) is 0.607. The first-order valence-electron chi connectivity index (χ1n) is 17.0. The van der Waals surface area contributed by atoms with Gasteiger partial charge in [0.2, 0.25) is 22.7 Å². The van der Waals surface area contributed by atoms with Gasteiger partial charge in [0.15, 0.2) is 17.7 Å². The van der Waals surface area contributed by atoms with Crippen molar-refractivity contribution in [3.05, 3.63) is 12.7 Å². The summed E-state index contributed by atoms with van der Waals surface area (Å²) in [5.74, 6) is -6.22. The summed E-state index contributed by atoms with van der Waals surface area (Å²) < 4.78 is 61.9. The summed E-state index contributed by atoms with van der Waals surface area (Å²) in [7, 11) is -16.4. The Morgan fingerprint density at radius 2 is 1.61 bits per heavy atom. The van der Waals surface area contributed by atoms with Crippen molar-refractivity contribution in [1.29, 1.82) is 0 Å². The molecular formula is C28H44N7O22P3S. The zero-order valence-electron chi connectivity index (χ0n) is 32.3. The van der Waals surface area contributed by atoms with Gasteiger partial charge in [-0.3, -0.25) is 42.1 Å². The molecule has 344 valence electrons. The molecule has 3 rings (SSSR count). The fourth-order valence-corrected chi connectivity index (χ4v) is 8.09. The summed E-state index contributed by atoms with van der Waals surface area (Å²) in [6.07, 6.45) is -7.13. The molecule has 0 aromatic carbocycles. The SMILES string of the molecule is CC(=O)C(=O)O.C[C@@H](C(=O)O)C(=O)SCCNC(=O)CCNC(=O)[C@H](O)C(C)(C)COP(=O)(O)OP(=O)(O)OC[C@H]1O[C@@H](n2cnc3c(N)ncnc32)[C@H](O)[C@@H]1OP(=O)(O)O. The van der Waals surface area contributed by atoms with Gasteiger partial charge in [0.05, 0.1) is 19.5 Å². The van der Waals surface area contributed by atoms with E-state index >= 15 is 0 Å². The highest BCUT2D eigenvalue weighted by Crippen LogP contribution is 2.61. The number of carboxylic acid groups (broad SMARTS) is 2. The number of aliphatic carboxylic acids is 2. The van der Waals surface area contributed by atoms with Crippen LogP contribution in [0.1, 0.15) is 40.3 Å². The maximum atomic E-state index is 12.6. The Morgan fingerprint density at radius 3 is 2.18 bits per heavy atom. The number of carbonyl (C=O) groups excluding carboxylic acids is 4. The Kier molecular flexibility index (Phi) is 19.7. The molecule has 33 heteroatoms. The third-order valence-corrected chi connectivity index (χ3v) is 11.9. The number of hydrogen-bond acceptors (Lipinski definition) is 21. The van der Waals surface area contributed by atoms with Gasteiger partial charge in [-0.2, -0.15) is 4.31 Å². The highest BCUT2D eigenvalue weighted by atomic mass is 32.2. The molecule has 0 spiro atoms. The summed E-state index contributed by atoms with van der Waals surface area (Å²) in [4.78, 5) is 117. The van der Waals surface area contributed by atoms with Crippen LogP contribution in [-0.4, -0.2) is 151 Å². The predicted molar refractivity (Wildman–Crippen MR) is 202 cm³/mol. The second kappa shape index (κ2) is 22.5. The number of aliphatic hydroxyl groups is 2. The molecule has 2 aromatic rings. The number of imidazole rings is 1. The van der Waals surface area contributed by atoms with Gasteiger partial charge in [-0.1, -0.05) is 25.6 Å². The predicted octanol–water partition coefficient (Wildman–Crippen LogP) is -1.95. The summed E-state index contributed by atoms with van der Waals surface area (Å²) in [5, 5.41) is 42.0. The summed E-state index contributed by atoms with van der Waals surface area (Å²) in [5.41, 5.74) is 4.19. The number of fused-ring (bicyclic) bond motifs is 1. The largest absolute Gasteiger partial charge is 0.481 e. The van der Waals surface area contributed by atoms with E-state index in [9.17, 15) is 72.2 Å². The Bertz CT molecular complexity index is 2060. The van der Waals surface area contributed by atoms with Crippen molar-refractivity contribution in [3.8, 4) is 0 Å². The number of phosphoric acid groups is 3. The van der Waals surface area contributed by atoms with Crippen LogP contribution in [0.5, 0.6) is 0 Å². The summed E-state index contributed by atoms with van der Waals surface area (Å²) >= 11 is 0.726. The first-order chi connectivity index (χ1) is 28.0. The summed E-state index contributed by atoms with van der Waals surface area (Å²) in [6, 6.07) is 0. The van der Waals surface area contributed by atoms with Crippen LogP contribution in [0.3, 0.4) is 0 Å². The molecular weight excluding hydrogens is 911 g/mol. The number of nitrogens with one attached hydrogen (secondary N) is 2. The molecule has 0 bridgehead atoms. The van der Waals surface area contributed by atoms with Gasteiger partial charge in [-0.05, 0) is 6.92 Å². The number of carboxylic acids is 2. The van der Waals surface area contributed by atoms with Crippen molar-refractivity contribution >= 4 is 86.9 Å². The molecule has 29 nitrogen and oxygen atoms in total. The molecule has 1 aliphatic rings. The highest BCUT2D eigenvalue weighted by molar-refractivity contribution is 8.13. The molecule has 1 saturated heterocycles. The van der Waals surface area contributed by atoms with Crippen molar-refractivity contribution in [2.75, 3.05) is 37.8 Å². The van der Waals surface area contributed by atoms with E-state index in [2.05, 4.69) is 34.4 Å². The number of thioether (sulfide) groups is 1. The lowest BCUT2D eigenvalue weighted by Crippen LogP contribution is -2.46. The van der Waals surface area contributed by atoms with Crippen molar-refractivity contribution in [2.45, 2.75) is 64.8 Å². The Labute approximate surface area is 348 Å². The lowest BCUT2D eigenvalue weighted by atomic mass is 9.87. The number of carbonyl (C=O) groups is 6. The second-order valence-electron chi connectivity index (χ2n) is 13.2. The number of aliphatic hydroxyl groups excluding tert-OH is 2. The number of ether oxygens (including phenoxy) is 1. The van der Waals surface area contributed by atoms with Gasteiger partial charge in [0, 0.05) is 37.6 Å². The molecule has 1 aliphatic heterocycles. The molecule has 12 N–H and O–H groups in total. The van der Waals surface area contributed by atoms with Gasteiger partial charge < -0.3 is 61.1 Å². The van der Waals surface area contributed by atoms with Crippen molar-refractivity contribution in [1.82, 2.24) is 30.2 Å². The third kappa shape index (κ3) is 17.1. The molecule has 2 amide bonds. The highest BCUT2D eigenvalue weighted by Gasteiger charge is 2.50. The Morgan fingerprint density at radius 1 is 1.00 bits per heavy atom. The van der Waals surface area contributed by atoms with E-state index < -0.39 is 113 Å². The number of Topliss-reactive ketones (excluding diaryl/α,β-unsaturated/α-hetero) is 1. The molecule has 0 aliphatic carbocycles. The number of rotatable bonds is 22. The van der Waals surface area contributed by atoms with E-state index in [1.54, 1.807) is 0 Å². The number of ketones is 1. The molecule has 8 atom stereocenters. The minimum Gasteiger partial charge on any atom is -0.481 e. The van der Waals surface area contributed by atoms with Crippen LogP contribution in [0.2, 0.25) is 0 Å². The molecule has 2 unspecified atom stereocenters. The molecule has 61 heavy (non-hydrogen) atoms. The fourth-order valence-electron chi connectivity index (χ4n) is 4.51. The van der Waals surface area contributed by atoms with Gasteiger partial charge >= 0.3 is 35.4 Å². The monoisotopic (exact) mass is 955 g/mol. The van der Waals surface area contributed by atoms with E-state index in [0.717, 1.165) is 35.9 Å². The van der Waals surface area contributed by atoms with E-state index in [-0.39, 0.29) is 42.2 Å². The Hall–Kier alpha value is -3.83. The topological polar surface area (TPSA) is 455 Å². The van der Waals surface area contributed by atoms with Gasteiger partial charge in [-0.15, -0.1) is 0 Å². The smallest absolute Gasteiger partial charge is 0.481 e. The van der Waals surface area contributed by atoms with Crippen LogP contribution >= 0.6 is 35.2 Å². The maximum Gasteiger partial charge on any atom is 0.481 e. The molecule has 1 fully saturated rings. The van der Waals surface area contributed by atoms with Crippen molar-refractivity contribution in [3.63, 3.8) is 0 Å². The first-order valence-corrected chi connectivity index (χ1v) is 22.5. The number of nitrogens with two attached hydrogens (primary N) is 1. The van der Waals surface area contributed by atoms with Crippen LogP contribution in [0.25, 0.3) is 11.2 Å². The van der Waals surface area contributed by atoms with E-state index in [4.69, 9.17) is 29.7 Å². The van der Waals surface area contributed by atoms with Crippen LogP contribution in [0.15, 0.2) is 12.7 Å². The molecule has 2 aromatic heterocycles. The minimum atomic E-state index is -5.59. The molecule has 0 saturated carbocycles. The van der Waals surface area contributed by atoms with Crippen molar-refractivity contribution in [2.24, 2.45) is 11.3 Å². The first kappa shape index (κ1) is 53.3. The average molecular weight is 956 g/mol. The van der Waals surface area contributed by atoms with Crippen LogP contribution in [0, 0.1) is 11.3 Å². The van der Waals surface area contributed by atoms with Crippen molar-refractivity contribution < 1.29 is 105 Å². The standard InChI is InChI=1S/C25H40N7O19P3S.C3H4O3/c1-12(23(37)38)24(39)55-7-6-27-14(33)4-5-28-21(36)18(35)25(2,3)9-48-54(45,46)51-53(43,44)47-8-13-17(50-52(40,41)42)16(34)22(49-13)32-11-31-15-19(26)29-10-30-20(15)32;1-2(4)3(5)6/h10-13,16-18,22,34-35H,4-9H2,1-3H3,(H,27,33)(H,28,36)(H,37,38)(H,43,44)(H,45,46)(H2,26,29,30)(H2,40,41,42);1H3,(H,5,6)/t12-,13+,16+,17+,18-,22+;/m0./s1. The number of amides is 2. The van der Waals surface area contributed by atoms with Gasteiger partial charge in [-0.25, -0.2) is 33.4 Å². The third-order valence-electron chi connectivity index (χ3n) is 7.77. The lowest BCUT2D eigenvalue weighted by Gasteiger charge is -2.30. The zero-order chi connectivity index (χ0) is 46.7. The van der Waals surface area contributed by atoms with Crippen LogP contribution < -0.4 is 16.4 Å².